The standard InChI is InChI=1S/C23H22N2O5S/c1-13(2)30-22(27)19-14(3)24-23-25(20(19)15-7-9-16(28-4)10-8-15)21(26)18(31-23)12-17-6-5-11-29-17/h5-13,20H,1-4H3. The Bertz CT molecular complexity index is 1310. The molecule has 1 aromatic carbocycles. The Balaban J connectivity index is 1.94. The quantitative estimate of drug-likeness (QED) is 0.572. The van der Waals surface area contributed by atoms with Crippen LogP contribution in [0.1, 0.15) is 38.1 Å². The van der Waals surface area contributed by atoms with Crippen LogP contribution in [0.3, 0.4) is 0 Å². The third-order valence-corrected chi connectivity index (χ3v) is 5.82. The first-order valence-electron chi connectivity index (χ1n) is 9.80. The number of hydrogen-bond donors (Lipinski definition) is 0. The van der Waals surface area contributed by atoms with Gasteiger partial charge in [-0.05, 0) is 50.6 Å². The van der Waals surface area contributed by atoms with Crippen LogP contribution < -0.4 is 19.6 Å². The van der Waals surface area contributed by atoms with Gasteiger partial charge in [-0.1, -0.05) is 23.5 Å². The molecule has 3 aromatic rings. The zero-order valence-corrected chi connectivity index (χ0v) is 18.4. The Kier molecular flexibility index (Phi) is 5.65. The van der Waals surface area contributed by atoms with Crippen LogP contribution in [0.4, 0.5) is 0 Å². The maximum absolute atomic E-state index is 13.4. The lowest BCUT2D eigenvalue weighted by Gasteiger charge is -2.25. The van der Waals surface area contributed by atoms with Gasteiger partial charge in [0.25, 0.3) is 5.56 Å². The molecule has 0 aliphatic carbocycles. The molecule has 3 heterocycles. The molecule has 160 valence electrons. The van der Waals surface area contributed by atoms with E-state index in [1.807, 2.05) is 12.1 Å². The van der Waals surface area contributed by atoms with Gasteiger partial charge in [0.15, 0.2) is 4.80 Å². The number of rotatable bonds is 5. The molecular weight excluding hydrogens is 416 g/mol. The van der Waals surface area contributed by atoms with E-state index in [9.17, 15) is 9.59 Å². The van der Waals surface area contributed by atoms with Crippen molar-refractivity contribution in [2.45, 2.75) is 32.9 Å². The Hall–Kier alpha value is -3.39. The number of carbonyl (C=O) groups is 1. The molecule has 4 rings (SSSR count). The highest BCUT2D eigenvalue weighted by Gasteiger charge is 2.33. The minimum absolute atomic E-state index is 0.247. The second-order valence-corrected chi connectivity index (χ2v) is 8.33. The van der Waals surface area contributed by atoms with Gasteiger partial charge in [-0.15, -0.1) is 0 Å². The first-order chi connectivity index (χ1) is 14.9. The van der Waals surface area contributed by atoms with Gasteiger partial charge in [0.05, 0.1) is 41.3 Å². The monoisotopic (exact) mass is 438 g/mol. The van der Waals surface area contributed by atoms with Crippen molar-refractivity contribution in [3.05, 3.63) is 84.9 Å². The van der Waals surface area contributed by atoms with E-state index in [4.69, 9.17) is 13.9 Å². The maximum atomic E-state index is 13.4. The van der Waals surface area contributed by atoms with Gasteiger partial charge < -0.3 is 13.9 Å². The number of hydrogen-bond acceptors (Lipinski definition) is 7. The lowest BCUT2D eigenvalue weighted by atomic mass is 9.96. The van der Waals surface area contributed by atoms with Gasteiger partial charge in [0.2, 0.25) is 0 Å². The Morgan fingerprint density at radius 2 is 2.00 bits per heavy atom. The van der Waals surface area contributed by atoms with Crippen molar-refractivity contribution < 1.29 is 18.7 Å². The number of carbonyl (C=O) groups excluding carboxylic acids is 1. The minimum atomic E-state index is -0.660. The summed E-state index contributed by atoms with van der Waals surface area (Å²) in [4.78, 5) is 31.5. The molecule has 1 unspecified atom stereocenters. The molecule has 0 fully saturated rings. The molecule has 0 bridgehead atoms. The van der Waals surface area contributed by atoms with Crippen LogP contribution >= 0.6 is 11.3 Å². The molecule has 0 N–H and O–H groups in total. The molecule has 1 aliphatic rings. The Labute approximate surface area is 182 Å². The van der Waals surface area contributed by atoms with E-state index in [0.717, 1.165) is 5.56 Å². The summed E-state index contributed by atoms with van der Waals surface area (Å²) in [7, 11) is 1.59. The van der Waals surface area contributed by atoms with Crippen LogP contribution in [0, 0.1) is 0 Å². The molecule has 8 heteroatoms. The molecule has 31 heavy (non-hydrogen) atoms. The molecule has 0 saturated heterocycles. The number of ether oxygens (including phenoxy) is 2. The number of nitrogens with zero attached hydrogens (tertiary/aromatic N) is 2. The average molecular weight is 439 g/mol. The summed E-state index contributed by atoms with van der Waals surface area (Å²) < 4.78 is 18.1. The van der Waals surface area contributed by atoms with E-state index in [2.05, 4.69) is 4.99 Å². The van der Waals surface area contributed by atoms with Crippen molar-refractivity contribution >= 4 is 23.4 Å². The second-order valence-electron chi connectivity index (χ2n) is 7.32. The molecule has 1 aliphatic heterocycles. The van der Waals surface area contributed by atoms with Crippen molar-refractivity contribution in [2.75, 3.05) is 7.11 Å². The maximum Gasteiger partial charge on any atom is 0.338 e. The van der Waals surface area contributed by atoms with Crippen LogP contribution in [0.25, 0.3) is 6.08 Å². The van der Waals surface area contributed by atoms with Crippen LogP contribution in [0.2, 0.25) is 0 Å². The summed E-state index contributed by atoms with van der Waals surface area (Å²) in [6.07, 6.45) is 2.93. The van der Waals surface area contributed by atoms with Gasteiger partial charge in [-0.3, -0.25) is 9.36 Å². The molecule has 2 aromatic heterocycles. The van der Waals surface area contributed by atoms with Crippen LogP contribution in [-0.4, -0.2) is 23.8 Å². The van der Waals surface area contributed by atoms with Crippen molar-refractivity contribution in [3.8, 4) is 5.75 Å². The number of aromatic nitrogens is 1. The number of methoxy groups -OCH3 is 1. The Morgan fingerprint density at radius 1 is 1.26 bits per heavy atom. The van der Waals surface area contributed by atoms with Gasteiger partial charge in [0, 0.05) is 6.08 Å². The lowest BCUT2D eigenvalue weighted by molar-refractivity contribution is -0.143. The molecule has 1 atom stereocenters. The SMILES string of the molecule is COc1ccc(C2C(C(=O)OC(C)C)=C(C)N=c3sc(=Cc4ccco4)c(=O)n32)cc1. The normalized spacial score (nSPS) is 16.3. The number of allylic oxidation sites excluding steroid dienone is 1. The minimum Gasteiger partial charge on any atom is -0.497 e. The zero-order chi connectivity index (χ0) is 22.1. The summed E-state index contributed by atoms with van der Waals surface area (Å²) in [5.41, 5.74) is 1.38. The molecule has 0 amide bonds. The van der Waals surface area contributed by atoms with Gasteiger partial charge >= 0.3 is 5.97 Å². The molecule has 0 spiro atoms. The van der Waals surface area contributed by atoms with E-state index in [1.54, 1.807) is 69.1 Å². The van der Waals surface area contributed by atoms with E-state index in [-0.39, 0.29) is 11.7 Å². The first kappa shape index (κ1) is 20.9. The molecule has 0 radical (unpaired) electrons. The van der Waals surface area contributed by atoms with Gasteiger partial charge in [-0.2, -0.15) is 0 Å². The summed E-state index contributed by atoms with van der Waals surface area (Å²) in [5.74, 6) is 0.764. The highest BCUT2D eigenvalue weighted by atomic mass is 32.1. The van der Waals surface area contributed by atoms with Gasteiger partial charge in [-0.25, -0.2) is 9.79 Å². The molecule has 7 nitrogen and oxygen atoms in total. The van der Waals surface area contributed by atoms with Crippen molar-refractivity contribution in [1.82, 2.24) is 4.57 Å². The number of fused-ring (bicyclic) bond motifs is 1. The van der Waals surface area contributed by atoms with Crippen molar-refractivity contribution in [1.29, 1.82) is 0 Å². The smallest absolute Gasteiger partial charge is 0.338 e. The number of benzene rings is 1. The number of thiazole rings is 1. The fourth-order valence-electron chi connectivity index (χ4n) is 3.46. The number of esters is 1. The summed E-state index contributed by atoms with van der Waals surface area (Å²) in [6.45, 7) is 5.33. The zero-order valence-electron chi connectivity index (χ0n) is 17.6. The van der Waals surface area contributed by atoms with E-state index < -0.39 is 12.0 Å². The third kappa shape index (κ3) is 3.98. The largest absolute Gasteiger partial charge is 0.497 e. The lowest BCUT2D eigenvalue weighted by Crippen LogP contribution is -2.40. The summed E-state index contributed by atoms with van der Waals surface area (Å²) >= 11 is 1.25. The average Bonchev–Trinajstić information content (AvgIpc) is 3.35. The first-order valence-corrected chi connectivity index (χ1v) is 10.6. The van der Waals surface area contributed by atoms with Crippen molar-refractivity contribution in [2.24, 2.45) is 4.99 Å². The predicted octanol–water partition coefficient (Wildman–Crippen LogP) is 2.79. The predicted molar refractivity (Wildman–Crippen MR) is 117 cm³/mol. The Morgan fingerprint density at radius 3 is 2.61 bits per heavy atom. The highest BCUT2D eigenvalue weighted by Crippen LogP contribution is 2.31. The van der Waals surface area contributed by atoms with Crippen LogP contribution in [-0.2, 0) is 9.53 Å². The van der Waals surface area contributed by atoms with E-state index in [0.29, 0.717) is 32.1 Å². The summed E-state index contributed by atoms with van der Waals surface area (Å²) in [6, 6.07) is 10.2. The van der Waals surface area contributed by atoms with Crippen LogP contribution in [0.5, 0.6) is 5.75 Å². The topological polar surface area (TPSA) is 83.0 Å². The highest BCUT2D eigenvalue weighted by molar-refractivity contribution is 7.07. The number of furan rings is 1. The summed E-state index contributed by atoms with van der Waals surface area (Å²) in [5, 5.41) is 0. The fourth-order valence-corrected chi connectivity index (χ4v) is 4.49. The van der Waals surface area contributed by atoms with E-state index >= 15 is 0 Å². The second kappa shape index (κ2) is 8.39. The third-order valence-electron chi connectivity index (χ3n) is 4.83. The van der Waals surface area contributed by atoms with E-state index in [1.165, 1.54) is 11.3 Å². The van der Waals surface area contributed by atoms with Gasteiger partial charge in [0.1, 0.15) is 11.5 Å². The molecular formula is C23H22N2O5S. The van der Waals surface area contributed by atoms with Crippen molar-refractivity contribution in [3.63, 3.8) is 0 Å². The van der Waals surface area contributed by atoms with Crippen LogP contribution in [0.15, 0.2) is 68.1 Å². The fraction of sp³-hybridized carbons (Fsp3) is 0.261. The molecule has 0 saturated carbocycles.